The number of aliphatic hydroxyl groups excluding tert-OH is 1. The first kappa shape index (κ1) is 19.3. The number of ether oxygens (including phenoxy) is 1. The third-order valence-corrected chi connectivity index (χ3v) is 6.25. The molecule has 1 N–H and O–H groups in total. The summed E-state index contributed by atoms with van der Waals surface area (Å²) in [5, 5.41) is 13.1. The first-order valence-electron chi connectivity index (χ1n) is 9.55. The van der Waals surface area contributed by atoms with Crippen molar-refractivity contribution in [3.63, 3.8) is 0 Å². The van der Waals surface area contributed by atoms with Crippen LogP contribution in [0.2, 0.25) is 0 Å². The van der Waals surface area contributed by atoms with Crippen LogP contribution in [0.1, 0.15) is 11.1 Å². The van der Waals surface area contributed by atoms with Crippen LogP contribution < -0.4 is 5.56 Å². The van der Waals surface area contributed by atoms with Gasteiger partial charge in [-0.15, -0.1) is 11.3 Å². The summed E-state index contributed by atoms with van der Waals surface area (Å²) in [5.41, 5.74) is 4.27. The van der Waals surface area contributed by atoms with Gasteiger partial charge in [-0.1, -0.05) is 18.2 Å². The van der Waals surface area contributed by atoms with Gasteiger partial charge in [0.25, 0.3) is 5.56 Å². The highest BCUT2D eigenvalue weighted by molar-refractivity contribution is 7.17. The van der Waals surface area contributed by atoms with Crippen LogP contribution in [0.3, 0.4) is 0 Å². The summed E-state index contributed by atoms with van der Waals surface area (Å²) >= 11 is 1.48. The van der Waals surface area contributed by atoms with Crippen molar-refractivity contribution in [2.45, 2.75) is 26.5 Å². The van der Waals surface area contributed by atoms with E-state index in [0.29, 0.717) is 25.1 Å². The molecule has 28 heavy (non-hydrogen) atoms. The fourth-order valence-electron chi connectivity index (χ4n) is 3.59. The summed E-state index contributed by atoms with van der Waals surface area (Å²) in [6.45, 7) is 7.92. The van der Waals surface area contributed by atoms with Crippen LogP contribution in [0.5, 0.6) is 0 Å². The van der Waals surface area contributed by atoms with Gasteiger partial charge in [-0.2, -0.15) is 0 Å². The Balaban J connectivity index is 1.62. The van der Waals surface area contributed by atoms with Gasteiger partial charge in [-0.3, -0.25) is 14.3 Å². The second-order valence-corrected chi connectivity index (χ2v) is 8.26. The maximum atomic E-state index is 13.1. The van der Waals surface area contributed by atoms with Gasteiger partial charge in [0.05, 0.1) is 37.6 Å². The summed E-state index contributed by atoms with van der Waals surface area (Å²) in [6, 6.07) is 6.24. The van der Waals surface area contributed by atoms with E-state index < -0.39 is 6.10 Å². The lowest BCUT2D eigenvalue weighted by atomic mass is 10.0. The van der Waals surface area contributed by atoms with Crippen LogP contribution in [0.25, 0.3) is 21.3 Å². The van der Waals surface area contributed by atoms with Crippen LogP contribution >= 0.6 is 11.3 Å². The fraction of sp³-hybridized carbons (Fsp3) is 0.429. The van der Waals surface area contributed by atoms with Crippen LogP contribution in [-0.2, 0) is 11.3 Å². The predicted molar refractivity (Wildman–Crippen MR) is 112 cm³/mol. The Kier molecular flexibility index (Phi) is 5.59. The number of thiophene rings is 1. The van der Waals surface area contributed by atoms with Crippen molar-refractivity contribution in [1.82, 2.24) is 14.5 Å². The minimum atomic E-state index is -0.626. The molecule has 1 atom stereocenters. The summed E-state index contributed by atoms with van der Waals surface area (Å²) < 4.78 is 6.87. The fourth-order valence-corrected chi connectivity index (χ4v) is 4.49. The molecule has 0 spiro atoms. The molecule has 7 heteroatoms. The molecule has 2 aromatic heterocycles. The van der Waals surface area contributed by atoms with Crippen molar-refractivity contribution in [1.29, 1.82) is 0 Å². The average Bonchev–Trinajstić information content (AvgIpc) is 3.12. The SMILES string of the molecule is Cc1ccc(-c2csc3ncn(CC(O)CN4CCOCC4)c(=O)c23)cc1C. The lowest BCUT2D eigenvalue weighted by molar-refractivity contribution is 0.0113. The van der Waals surface area contributed by atoms with Crippen LogP contribution in [-0.4, -0.2) is 58.5 Å². The number of nitrogens with zero attached hydrogens (tertiary/aromatic N) is 3. The number of benzene rings is 1. The van der Waals surface area contributed by atoms with E-state index in [1.165, 1.54) is 27.0 Å². The van der Waals surface area contributed by atoms with Gasteiger partial charge < -0.3 is 9.84 Å². The molecular weight excluding hydrogens is 374 g/mol. The zero-order valence-corrected chi connectivity index (χ0v) is 17.0. The maximum absolute atomic E-state index is 13.1. The van der Waals surface area contributed by atoms with Crippen LogP contribution in [0.15, 0.2) is 34.7 Å². The van der Waals surface area contributed by atoms with E-state index in [2.05, 4.69) is 35.9 Å². The monoisotopic (exact) mass is 399 g/mol. The number of fused-ring (bicyclic) bond motifs is 1. The molecule has 0 aliphatic carbocycles. The molecule has 0 radical (unpaired) electrons. The maximum Gasteiger partial charge on any atom is 0.262 e. The average molecular weight is 400 g/mol. The first-order chi connectivity index (χ1) is 13.5. The van der Waals surface area contributed by atoms with Gasteiger partial charge in [-0.05, 0) is 30.5 Å². The highest BCUT2D eigenvalue weighted by atomic mass is 32.1. The molecule has 1 saturated heterocycles. The van der Waals surface area contributed by atoms with E-state index in [0.717, 1.165) is 29.0 Å². The predicted octanol–water partition coefficient (Wildman–Crippen LogP) is 2.43. The minimum Gasteiger partial charge on any atom is -0.390 e. The Morgan fingerprint density at radius 3 is 2.75 bits per heavy atom. The second kappa shape index (κ2) is 8.13. The van der Waals surface area contributed by atoms with E-state index in [-0.39, 0.29) is 12.1 Å². The third kappa shape index (κ3) is 3.89. The highest BCUT2D eigenvalue weighted by Gasteiger charge is 2.18. The summed E-state index contributed by atoms with van der Waals surface area (Å²) in [6.07, 6.45) is 0.923. The van der Waals surface area contributed by atoms with Gasteiger partial charge in [-0.25, -0.2) is 4.98 Å². The molecule has 0 amide bonds. The molecule has 148 valence electrons. The van der Waals surface area contributed by atoms with Crippen molar-refractivity contribution in [3.8, 4) is 11.1 Å². The van der Waals surface area contributed by atoms with Crippen molar-refractivity contribution >= 4 is 21.6 Å². The van der Waals surface area contributed by atoms with Crippen molar-refractivity contribution in [2.24, 2.45) is 0 Å². The largest absolute Gasteiger partial charge is 0.390 e. The zero-order chi connectivity index (χ0) is 19.7. The Labute approximate surface area is 168 Å². The van der Waals surface area contributed by atoms with E-state index in [1.807, 2.05) is 11.4 Å². The normalized spacial score (nSPS) is 16.5. The molecule has 1 aromatic carbocycles. The Hall–Kier alpha value is -2.06. The van der Waals surface area contributed by atoms with E-state index in [1.54, 1.807) is 6.33 Å². The second-order valence-electron chi connectivity index (χ2n) is 7.40. The molecule has 3 aromatic rings. The quantitative estimate of drug-likeness (QED) is 0.714. The molecule has 6 nitrogen and oxygen atoms in total. The number of aliphatic hydroxyl groups is 1. The molecule has 0 bridgehead atoms. The van der Waals surface area contributed by atoms with E-state index >= 15 is 0 Å². The molecule has 1 fully saturated rings. The zero-order valence-electron chi connectivity index (χ0n) is 16.2. The summed E-state index contributed by atoms with van der Waals surface area (Å²) in [7, 11) is 0. The van der Waals surface area contributed by atoms with Gasteiger partial charge >= 0.3 is 0 Å². The molecule has 0 saturated carbocycles. The number of hydrogen-bond acceptors (Lipinski definition) is 6. The lowest BCUT2D eigenvalue weighted by Crippen LogP contribution is -2.42. The Bertz CT molecular complexity index is 1040. The van der Waals surface area contributed by atoms with Gasteiger partial charge in [0.15, 0.2) is 0 Å². The lowest BCUT2D eigenvalue weighted by Gasteiger charge is -2.28. The highest BCUT2D eigenvalue weighted by Crippen LogP contribution is 2.31. The van der Waals surface area contributed by atoms with E-state index in [4.69, 9.17) is 4.74 Å². The first-order valence-corrected chi connectivity index (χ1v) is 10.4. The number of hydrogen-bond donors (Lipinski definition) is 1. The third-order valence-electron chi connectivity index (χ3n) is 5.36. The molecule has 1 unspecified atom stereocenters. The van der Waals surface area contributed by atoms with Crippen LogP contribution in [0, 0.1) is 13.8 Å². The van der Waals surface area contributed by atoms with E-state index in [9.17, 15) is 9.90 Å². The van der Waals surface area contributed by atoms with Crippen LogP contribution in [0.4, 0.5) is 0 Å². The number of rotatable bonds is 5. The number of morpholine rings is 1. The topological polar surface area (TPSA) is 67.6 Å². The van der Waals surface area contributed by atoms with Gasteiger partial charge in [0.2, 0.25) is 0 Å². The standard InChI is InChI=1S/C21H25N3O3S/c1-14-3-4-16(9-15(14)2)18-12-28-20-19(18)21(26)24(13-22-20)11-17(25)10-23-5-7-27-8-6-23/h3-4,9,12-13,17,25H,5-8,10-11H2,1-2H3. The molecule has 1 aliphatic rings. The van der Waals surface area contributed by atoms with Crippen molar-refractivity contribution in [3.05, 3.63) is 51.4 Å². The molecule has 4 rings (SSSR count). The summed E-state index contributed by atoms with van der Waals surface area (Å²) in [5.74, 6) is 0. The Morgan fingerprint density at radius 2 is 2.00 bits per heavy atom. The van der Waals surface area contributed by atoms with Gasteiger partial charge in [0.1, 0.15) is 4.83 Å². The smallest absolute Gasteiger partial charge is 0.262 e. The molecule has 1 aliphatic heterocycles. The number of aromatic nitrogens is 2. The number of aryl methyl sites for hydroxylation is 2. The van der Waals surface area contributed by atoms with Crippen molar-refractivity contribution in [2.75, 3.05) is 32.8 Å². The minimum absolute atomic E-state index is 0.0968. The Morgan fingerprint density at radius 1 is 1.21 bits per heavy atom. The summed E-state index contributed by atoms with van der Waals surface area (Å²) in [4.78, 5) is 20.5. The van der Waals surface area contributed by atoms with Crippen molar-refractivity contribution < 1.29 is 9.84 Å². The number of β-amino-alcohol motifs (C(OH)–C–C–N with tert-alkyl or cyclic N) is 1. The van der Waals surface area contributed by atoms with Gasteiger partial charge in [0, 0.05) is 30.6 Å². The molecular formula is C21H25N3O3S. The molecule has 3 heterocycles.